The van der Waals surface area contributed by atoms with Gasteiger partial charge < -0.3 is 14.6 Å². The molecule has 0 bridgehead atoms. The van der Waals surface area contributed by atoms with Crippen molar-refractivity contribution in [1.29, 1.82) is 0 Å². The van der Waals surface area contributed by atoms with Gasteiger partial charge in [0.25, 0.3) is 0 Å². The van der Waals surface area contributed by atoms with Crippen LogP contribution in [0.5, 0.6) is 0 Å². The van der Waals surface area contributed by atoms with Crippen LogP contribution < -0.4 is 0 Å². The summed E-state index contributed by atoms with van der Waals surface area (Å²) < 4.78 is 10.8. The highest BCUT2D eigenvalue weighted by Crippen LogP contribution is 2.68. The molecule has 0 aromatic rings. The Morgan fingerprint density at radius 1 is 1.09 bits per heavy atom. The van der Waals surface area contributed by atoms with E-state index >= 15 is 0 Å². The van der Waals surface area contributed by atoms with E-state index in [4.69, 9.17) is 9.47 Å². The molecular weight excluding hydrogens is 412 g/mol. The molecule has 4 rings (SSSR count). The van der Waals surface area contributed by atoms with E-state index in [1.807, 2.05) is 6.92 Å². The van der Waals surface area contributed by atoms with Crippen LogP contribution in [0.3, 0.4) is 0 Å². The van der Waals surface area contributed by atoms with E-state index < -0.39 is 41.4 Å². The van der Waals surface area contributed by atoms with Crippen molar-refractivity contribution in [3.63, 3.8) is 0 Å². The molecule has 0 amide bonds. The number of Topliss-reactive ketones (excluding diaryl/α,β-unsaturated/α-hetero) is 1. The number of rotatable bonds is 4. The lowest BCUT2D eigenvalue weighted by molar-refractivity contribution is -0.201. The third-order valence-electron chi connectivity index (χ3n) is 9.19. The van der Waals surface area contributed by atoms with E-state index in [9.17, 15) is 24.3 Å². The minimum atomic E-state index is -1.41. The molecule has 0 unspecified atom stereocenters. The highest BCUT2D eigenvalue weighted by atomic mass is 16.6. The summed E-state index contributed by atoms with van der Waals surface area (Å²) in [6.45, 7) is 6.22. The van der Waals surface area contributed by atoms with Gasteiger partial charge in [-0.1, -0.05) is 19.4 Å². The summed E-state index contributed by atoms with van der Waals surface area (Å²) in [6, 6.07) is 0. The molecule has 7 atom stereocenters. The van der Waals surface area contributed by atoms with Crippen molar-refractivity contribution in [1.82, 2.24) is 0 Å². The van der Waals surface area contributed by atoms with Gasteiger partial charge in [0.1, 0.15) is 0 Å². The van der Waals surface area contributed by atoms with Crippen LogP contribution in [0.2, 0.25) is 0 Å². The average Bonchev–Trinajstić information content (AvgIpc) is 2.98. The van der Waals surface area contributed by atoms with Crippen LogP contribution in [0, 0.1) is 28.6 Å². The Balaban J connectivity index is 1.72. The second-order valence-electron chi connectivity index (χ2n) is 10.7. The monoisotopic (exact) mass is 446 g/mol. The molecule has 0 aliphatic heterocycles. The van der Waals surface area contributed by atoms with Crippen molar-refractivity contribution in [2.75, 3.05) is 6.61 Å². The van der Waals surface area contributed by atoms with E-state index in [0.717, 1.165) is 24.8 Å². The summed E-state index contributed by atoms with van der Waals surface area (Å²) in [4.78, 5) is 48.9. The summed E-state index contributed by atoms with van der Waals surface area (Å²) >= 11 is 0. The number of aliphatic hydroxyl groups excluding tert-OH is 1. The number of allylic oxidation sites excluding steroid dienone is 1. The lowest BCUT2D eigenvalue weighted by Gasteiger charge is -2.60. The molecule has 176 valence electrons. The Bertz CT molecular complexity index is 891. The van der Waals surface area contributed by atoms with E-state index in [1.165, 1.54) is 13.8 Å². The van der Waals surface area contributed by atoms with Gasteiger partial charge in [0.15, 0.2) is 18.0 Å². The molecule has 0 radical (unpaired) electrons. The van der Waals surface area contributed by atoms with Crippen molar-refractivity contribution >= 4 is 23.5 Å². The predicted octanol–water partition coefficient (Wildman–Crippen LogP) is 2.92. The second-order valence-corrected chi connectivity index (χ2v) is 10.7. The van der Waals surface area contributed by atoms with Gasteiger partial charge in [-0.25, -0.2) is 0 Å². The molecule has 4 aliphatic carbocycles. The van der Waals surface area contributed by atoms with Gasteiger partial charge in [-0.05, 0) is 67.8 Å². The second kappa shape index (κ2) is 7.79. The fourth-order valence-corrected chi connectivity index (χ4v) is 7.89. The first kappa shape index (κ1) is 23.1. The molecule has 0 saturated heterocycles. The summed E-state index contributed by atoms with van der Waals surface area (Å²) in [7, 11) is 0. The number of hydrogen-bond donors (Lipinski definition) is 1. The largest absolute Gasteiger partial charge is 0.458 e. The maximum atomic E-state index is 13.4. The van der Waals surface area contributed by atoms with Crippen molar-refractivity contribution in [2.45, 2.75) is 84.3 Å². The van der Waals surface area contributed by atoms with E-state index in [-0.39, 0.29) is 29.0 Å². The third-order valence-corrected chi connectivity index (χ3v) is 9.19. The zero-order chi connectivity index (χ0) is 23.5. The van der Waals surface area contributed by atoms with Crippen molar-refractivity contribution in [3.8, 4) is 0 Å². The molecule has 0 spiro atoms. The minimum absolute atomic E-state index is 0.00498. The number of carbonyl (C=O) groups excluding carboxylic acids is 4. The summed E-state index contributed by atoms with van der Waals surface area (Å²) in [5.74, 6) is -1.10. The van der Waals surface area contributed by atoms with Gasteiger partial charge in [0, 0.05) is 25.7 Å². The van der Waals surface area contributed by atoms with Gasteiger partial charge in [-0.15, -0.1) is 0 Å². The van der Waals surface area contributed by atoms with Crippen molar-refractivity contribution in [3.05, 3.63) is 11.6 Å². The number of ether oxygens (including phenoxy) is 2. The van der Waals surface area contributed by atoms with Crippen molar-refractivity contribution in [2.24, 2.45) is 28.6 Å². The topological polar surface area (TPSA) is 107 Å². The first-order chi connectivity index (χ1) is 14.9. The number of aliphatic hydroxyl groups is 1. The quantitative estimate of drug-likeness (QED) is 0.662. The molecule has 0 aromatic heterocycles. The van der Waals surface area contributed by atoms with Gasteiger partial charge in [0.2, 0.25) is 5.78 Å². The van der Waals surface area contributed by atoms with Crippen LogP contribution >= 0.6 is 0 Å². The molecular formula is C25H34O7. The fraction of sp³-hybridized carbons (Fsp3) is 0.760. The van der Waals surface area contributed by atoms with E-state index in [0.29, 0.717) is 25.7 Å². The van der Waals surface area contributed by atoms with Gasteiger partial charge in [-0.2, -0.15) is 0 Å². The number of esters is 2. The highest BCUT2D eigenvalue weighted by Gasteiger charge is 2.70. The zero-order valence-electron chi connectivity index (χ0n) is 19.4. The summed E-state index contributed by atoms with van der Waals surface area (Å²) in [6.07, 6.45) is 5.39. The number of carbonyl (C=O) groups is 4. The molecule has 3 saturated carbocycles. The molecule has 7 nitrogen and oxygen atoms in total. The van der Waals surface area contributed by atoms with Crippen LogP contribution in [0.15, 0.2) is 11.6 Å². The molecule has 32 heavy (non-hydrogen) atoms. The Labute approximate surface area is 188 Å². The van der Waals surface area contributed by atoms with Gasteiger partial charge >= 0.3 is 11.9 Å². The lowest BCUT2D eigenvalue weighted by Crippen LogP contribution is -2.63. The van der Waals surface area contributed by atoms with Gasteiger partial charge in [0.05, 0.1) is 6.10 Å². The maximum absolute atomic E-state index is 13.4. The number of fused-ring (bicyclic) bond motifs is 5. The van der Waals surface area contributed by atoms with E-state index in [1.54, 1.807) is 6.08 Å². The smallest absolute Gasteiger partial charge is 0.303 e. The first-order valence-electron chi connectivity index (χ1n) is 11.7. The normalized spacial score (nSPS) is 42.8. The van der Waals surface area contributed by atoms with Gasteiger partial charge in [-0.3, -0.25) is 19.2 Å². The third kappa shape index (κ3) is 3.27. The number of hydrogen-bond acceptors (Lipinski definition) is 7. The van der Waals surface area contributed by atoms with Crippen LogP contribution in [-0.4, -0.2) is 46.9 Å². The predicted molar refractivity (Wildman–Crippen MR) is 114 cm³/mol. The molecule has 0 heterocycles. The fourth-order valence-electron chi connectivity index (χ4n) is 7.89. The standard InChI is InChI=1S/C25H34O7/c1-14(26)31-13-21(30)25(32-15(2)27)10-8-19-18-6-5-16-11-17(28)7-9-23(16,3)22(18)20(29)12-24(19,25)4/h11,18-20,22,29H,5-10,12-13H2,1-4H3/t18-,19-,20-,22+,23+,24-,25-/m1/s1. The maximum Gasteiger partial charge on any atom is 0.303 e. The Kier molecular flexibility index (Phi) is 5.63. The summed E-state index contributed by atoms with van der Waals surface area (Å²) in [5, 5.41) is 11.5. The first-order valence-corrected chi connectivity index (χ1v) is 11.7. The highest BCUT2D eigenvalue weighted by molar-refractivity contribution is 5.93. The lowest BCUT2D eigenvalue weighted by atomic mass is 9.45. The SMILES string of the molecule is CC(=O)OCC(=O)[C@]1(OC(C)=O)CC[C@@H]2[C@H]3CCC4=CC(=O)CC[C@]4(C)[C@@H]3[C@H](O)C[C@]21C. The van der Waals surface area contributed by atoms with Crippen LogP contribution in [-0.2, 0) is 28.7 Å². The molecule has 7 heteroatoms. The van der Waals surface area contributed by atoms with E-state index in [2.05, 4.69) is 6.92 Å². The number of ketones is 2. The molecule has 4 aliphatic rings. The van der Waals surface area contributed by atoms with Crippen LogP contribution in [0.1, 0.15) is 72.6 Å². The van der Waals surface area contributed by atoms with Crippen LogP contribution in [0.25, 0.3) is 0 Å². The van der Waals surface area contributed by atoms with Crippen molar-refractivity contribution < 1.29 is 33.8 Å². The molecule has 0 aromatic carbocycles. The zero-order valence-corrected chi connectivity index (χ0v) is 19.4. The summed E-state index contributed by atoms with van der Waals surface area (Å²) in [5.41, 5.74) is -1.25. The Morgan fingerprint density at radius 3 is 2.47 bits per heavy atom. The molecule has 1 N–H and O–H groups in total. The molecule has 3 fully saturated rings. The van der Waals surface area contributed by atoms with Crippen LogP contribution in [0.4, 0.5) is 0 Å². The average molecular weight is 447 g/mol. The Morgan fingerprint density at radius 2 is 1.81 bits per heavy atom. The Hall–Kier alpha value is -2.02. The minimum Gasteiger partial charge on any atom is -0.458 e.